The first-order valence-corrected chi connectivity index (χ1v) is 6.73. The standard InChI is InChI=1S/C14H22ClNO3/c1-18-9-4-7-16(8-10-19-2)14-12(11-17)5-3-6-13(14)15/h3,5-6,17H,4,7-11H2,1-2H3. The predicted molar refractivity (Wildman–Crippen MR) is 78.0 cm³/mol. The van der Waals surface area contributed by atoms with Crippen LogP contribution in [0, 0.1) is 0 Å². The van der Waals surface area contributed by atoms with E-state index in [1.165, 1.54) is 0 Å². The van der Waals surface area contributed by atoms with Gasteiger partial charge in [-0.2, -0.15) is 0 Å². The Balaban J connectivity index is 2.88. The highest BCUT2D eigenvalue weighted by Crippen LogP contribution is 2.30. The molecule has 108 valence electrons. The van der Waals surface area contributed by atoms with Gasteiger partial charge in [0.25, 0.3) is 0 Å². The van der Waals surface area contributed by atoms with Crippen molar-refractivity contribution in [1.82, 2.24) is 0 Å². The molecule has 1 rings (SSSR count). The molecule has 0 aliphatic heterocycles. The molecule has 0 aliphatic rings. The maximum Gasteiger partial charge on any atom is 0.0702 e. The molecule has 19 heavy (non-hydrogen) atoms. The van der Waals surface area contributed by atoms with E-state index in [2.05, 4.69) is 4.90 Å². The van der Waals surface area contributed by atoms with Crippen molar-refractivity contribution in [3.63, 3.8) is 0 Å². The van der Waals surface area contributed by atoms with Gasteiger partial charge in [-0.15, -0.1) is 0 Å². The molecule has 0 amide bonds. The van der Waals surface area contributed by atoms with E-state index in [4.69, 9.17) is 21.1 Å². The lowest BCUT2D eigenvalue weighted by Crippen LogP contribution is -2.30. The third-order valence-corrected chi connectivity index (χ3v) is 3.20. The maximum absolute atomic E-state index is 9.45. The van der Waals surface area contributed by atoms with Gasteiger partial charge in [-0.1, -0.05) is 23.7 Å². The van der Waals surface area contributed by atoms with Crippen molar-refractivity contribution in [3.05, 3.63) is 28.8 Å². The zero-order chi connectivity index (χ0) is 14.1. The molecule has 0 saturated carbocycles. The first-order valence-electron chi connectivity index (χ1n) is 6.35. The molecule has 0 aliphatic carbocycles. The van der Waals surface area contributed by atoms with E-state index in [0.717, 1.165) is 30.8 Å². The maximum atomic E-state index is 9.45. The largest absolute Gasteiger partial charge is 0.392 e. The Morgan fingerprint density at radius 1 is 1.16 bits per heavy atom. The zero-order valence-corrected chi connectivity index (χ0v) is 12.3. The van der Waals surface area contributed by atoms with E-state index in [-0.39, 0.29) is 6.61 Å². The molecule has 1 aromatic carbocycles. The van der Waals surface area contributed by atoms with Crippen LogP contribution in [0.5, 0.6) is 0 Å². The van der Waals surface area contributed by atoms with Gasteiger partial charge < -0.3 is 19.5 Å². The van der Waals surface area contributed by atoms with Crippen LogP contribution in [0.15, 0.2) is 18.2 Å². The van der Waals surface area contributed by atoms with Crippen molar-refractivity contribution in [3.8, 4) is 0 Å². The van der Waals surface area contributed by atoms with Gasteiger partial charge in [0.2, 0.25) is 0 Å². The smallest absolute Gasteiger partial charge is 0.0702 e. The number of nitrogens with zero attached hydrogens (tertiary/aromatic N) is 1. The zero-order valence-electron chi connectivity index (χ0n) is 11.6. The van der Waals surface area contributed by atoms with E-state index < -0.39 is 0 Å². The Labute approximate surface area is 119 Å². The molecule has 0 bridgehead atoms. The summed E-state index contributed by atoms with van der Waals surface area (Å²) in [4.78, 5) is 2.14. The number of ether oxygens (including phenoxy) is 2. The SMILES string of the molecule is COCCCN(CCOC)c1c(Cl)cccc1CO. The van der Waals surface area contributed by atoms with Gasteiger partial charge in [-0.25, -0.2) is 0 Å². The minimum Gasteiger partial charge on any atom is -0.392 e. The number of para-hydroxylation sites is 1. The number of methoxy groups -OCH3 is 2. The van der Waals surface area contributed by atoms with Crippen LogP contribution in [-0.2, 0) is 16.1 Å². The molecule has 4 nitrogen and oxygen atoms in total. The minimum absolute atomic E-state index is 0.0242. The number of anilines is 1. The molecule has 5 heteroatoms. The third-order valence-electron chi connectivity index (χ3n) is 2.90. The highest BCUT2D eigenvalue weighted by Gasteiger charge is 2.14. The summed E-state index contributed by atoms with van der Waals surface area (Å²) in [6.45, 7) is 2.83. The van der Waals surface area contributed by atoms with Crippen molar-refractivity contribution in [1.29, 1.82) is 0 Å². The van der Waals surface area contributed by atoms with Crippen molar-refractivity contribution < 1.29 is 14.6 Å². The molecule has 0 fully saturated rings. The Bertz CT molecular complexity index is 374. The van der Waals surface area contributed by atoms with Gasteiger partial charge in [0.1, 0.15) is 0 Å². The Morgan fingerprint density at radius 2 is 1.89 bits per heavy atom. The van der Waals surface area contributed by atoms with E-state index in [0.29, 0.717) is 18.2 Å². The van der Waals surface area contributed by atoms with Crippen LogP contribution in [0.2, 0.25) is 5.02 Å². The normalized spacial score (nSPS) is 10.7. The second-order valence-corrected chi connectivity index (χ2v) is 4.64. The number of hydrogen-bond acceptors (Lipinski definition) is 4. The number of halogens is 1. The summed E-state index contributed by atoms with van der Waals surface area (Å²) in [5.41, 5.74) is 1.72. The topological polar surface area (TPSA) is 41.9 Å². The molecule has 0 atom stereocenters. The highest BCUT2D eigenvalue weighted by molar-refractivity contribution is 6.33. The number of aliphatic hydroxyl groups excluding tert-OH is 1. The van der Waals surface area contributed by atoms with Crippen molar-refractivity contribution in [2.75, 3.05) is 45.4 Å². The fourth-order valence-electron chi connectivity index (χ4n) is 1.98. The molecular formula is C14H22ClNO3. The van der Waals surface area contributed by atoms with Crippen molar-refractivity contribution in [2.45, 2.75) is 13.0 Å². The van der Waals surface area contributed by atoms with Gasteiger partial charge in [0.15, 0.2) is 0 Å². The van der Waals surface area contributed by atoms with E-state index in [1.54, 1.807) is 14.2 Å². The summed E-state index contributed by atoms with van der Waals surface area (Å²) < 4.78 is 10.2. The Hall–Kier alpha value is -0.810. The van der Waals surface area contributed by atoms with Gasteiger partial charge in [0.05, 0.1) is 23.9 Å². The predicted octanol–water partition coefficient (Wildman–Crippen LogP) is 2.32. The lowest BCUT2D eigenvalue weighted by molar-refractivity contribution is 0.191. The monoisotopic (exact) mass is 287 g/mol. The molecule has 1 aromatic rings. The van der Waals surface area contributed by atoms with Crippen LogP contribution >= 0.6 is 11.6 Å². The van der Waals surface area contributed by atoms with Gasteiger partial charge in [0, 0.05) is 39.5 Å². The first-order chi connectivity index (χ1) is 9.24. The average Bonchev–Trinajstić information content (AvgIpc) is 2.43. The second kappa shape index (κ2) is 9.15. The lowest BCUT2D eigenvalue weighted by Gasteiger charge is -2.27. The summed E-state index contributed by atoms with van der Waals surface area (Å²) in [7, 11) is 3.36. The molecule has 0 saturated heterocycles. The number of rotatable bonds is 9. The van der Waals surface area contributed by atoms with Crippen LogP contribution in [0.25, 0.3) is 0 Å². The second-order valence-electron chi connectivity index (χ2n) is 4.23. The van der Waals surface area contributed by atoms with E-state index in [9.17, 15) is 5.11 Å². The summed E-state index contributed by atoms with van der Waals surface area (Å²) in [6, 6.07) is 5.57. The van der Waals surface area contributed by atoms with Crippen LogP contribution in [0.3, 0.4) is 0 Å². The fraction of sp³-hybridized carbons (Fsp3) is 0.571. The number of hydrogen-bond donors (Lipinski definition) is 1. The van der Waals surface area contributed by atoms with Crippen LogP contribution < -0.4 is 4.90 Å². The van der Waals surface area contributed by atoms with Gasteiger partial charge in [-0.3, -0.25) is 0 Å². The molecule has 0 radical (unpaired) electrons. The summed E-state index contributed by atoms with van der Waals surface area (Å²) in [5.74, 6) is 0. The Kier molecular flexibility index (Phi) is 7.82. The van der Waals surface area contributed by atoms with Crippen LogP contribution in [0.1, 0.15) is 12.0 Å². The molecule has 0 unspecified atom stereocenters. The van der Waals surface area contributed by atoms with Crippen molar-refractivity contribution >= 4 is 17.3 Å². The van der Waals surface area contributed by atoms with Gasteiger partial charge in [-0.05, 0) is 12.5 Å². The molecular weight excluding hydrogens is 266 g/mol. The molecule has 1 N–H and O–H groups in total. The highest BCUT2D eigenvalue weighted by atomic mass is 35.5. The van der Waals surface area contributed by atoms with Crippen LogP contribution in [-0.4, -0.2) is 45.6 Å². The fourth-order valence-corrected chi connectivity index (χ4v) is 2.29. The number of aliphatic hydroxyl groups is 1. The van der Waals surface area contributed by atoms with E-state index >= 15 is 0 Å². The van der Waals surface area contributed by atoms with Gasteiger partial charge >= 0.3 is 0 Å². The number of benzene rings is 1. The molecule has 0 heterocycles. The first kappa shape index (κ1) is 16.2. The minimum atomic E-state index is -0.0242. The third kappa shape index (κ3) is 4.99. The quantitative estimate of drug-likeness (QED) is 0.708. The average molecular weight is 288 g/mol. The summed E-state index contributed by atoms with van der Waals surface area (Å²) in [5, 5.41) is 10.1. The summed E-state index contributed by atoms with van der Waals surface area (Å²) >= 11 is 6.27. The lowest BCUT2D eigenvalue weighted by atomic mass is 10.1. The Morgan fingerprint density at radius 3 is 2.53 bits per heavy atom. The van der Waals surface area contributed by atoms with Crippen molar-refractivity contribution in [2.24, 2.45) is 0 Å². The molecule has 0 spiro atoms. The summed E-state index contributed by atoms with van der Waals surface area (Å²) in [6.07, 6.45) is 0.899. The van der Waals surface area contributed by atoms with Crippen LogP contribution in [0.4, 0.5) is 5.69 Å². The van der Waals surface area contributed by atoms with E-state index in [1.807, 2.05) is 18.2 Å². The molecule has 0 aromatic heterocycles.